The molecule has 0 aliphatic carbocycles. The summed E-state index contributed by atoms with van der Waals surface area (Å²) in [5, 5.41) is 7.01. The van der Waals surface area contributed by atoms with Gasteiger partial charge < -0.3 is 20.3 Å². The van der Waals surface area contributed by atoms with Gasteiger partial charge in [0.05, 0.1) is 6.61 Å². The molecule has 0 amide bonds. The fraction of sp³-hybridized carbons (Fsp3) is 0.278. The first kappa shape index (κ1) is 17.1. The SMILES string of the molecule is CCOc1ccc(NC(=S)NCCN(C)c2ccccc2)cc1. The lowest BCUT2D eigenvalue weighted by Crippen LogP contribution is -2.35. The van der Waals surface area contributed by atoms with Crippen molar-refractivity contribution in [1.82, 2.24) is 5.32 Å². The Morgan fingerprint density at radius 3 is 2.43 bits per heavy atom. The van der Waals surface area contributed by atoms with E-state index in [-0.39, 0.29) is 0 Å². The number of benzene rings is 2. The Labute approximate surface area is 143 Å². The first-order valence-corrected chi connectivity index (χ1v) is 8.13. The summed E-state index contributed by atoms with van der Waals surface area (Å²) < 4.78 is 5.42. The van der Waals surface area contributed by atoms with E-state index in [1.807, 2.05) is 49.4 Å². The van der Waals surface area contributed by atoms with Crippen molar-refractivity contribution in [2.24, 2.45) is 0 Å². The first-order chi connectivity index (χ1) is 11.2. The molecule has 2 rings (SSSR count). The molecule has 0 heterocycles. The number of thiocarbonyl (C=S) groups is 1. The number of para-hydroxylation sites is 1. The van der Waals surface area contributed by atoms with Gasteiger partial charge in [-0.15, -0.1) is 0 Å². The van der Waals surface area contributed by atoms with Gasteiger partial charge in [0.1, 0.15) is 5.75 Å². The molecular formula is C18H23N3OS. The molecule has 0 fully saturated rings. The average molecular weight is 329 g/mol. The van der Waals surface area contributed by atoms with Crippen molar-refractivity contribution < 1.29 is 4.74 Å². The Balaban J connectivity index is 1.72. The number of nitrogens with zero attached hydrogens (tertiary/aromatic N) is 1. The maximum absolute atomic E-state index is 5.42. The Bertz CT molecular complexity index is 601. The minimum absolute atomic E-state index is 0.621. The number of rotatable bonds is 7. The summed E-state index contributed by atoms with van der Waals surface area (Å²) in [6.45, 7) is 4.28. The van der Waals surface area contributed by atoms with Gasteiger partial charge in [-0.2, -0.15) is 0 Å². The van der Waals surface area contributed by atoms with Crippen molar-refractivity contribution in [1.29, 1.82) is 0 Å². The van der Waals surface area contributed by atoms with E-state index < -0.39 is 0 Å². The van der Waals surface area contributed by atoms with Crippen molar-refractivity contribution in [2.45, 2.75) is 6.92 Å². The number of hydrogen-bond donors (Lipinski definition) is 2. The van der Waals surface area contributed by atoms with Crippen molar-refractivity contribution in [2.75, 3.05) is 37.0 Å². The molecule has 0 saturated heterocycles. The van der Waals surface area contributed by atoms with Crippen LogP contribution in [0.1, 0.15) is 6.92 Å². The van der Waals surface area contributed by atoms with Crippen LogP contribution in [0.25, 0.3) is 0 Å². The van der Waals surface area contributed by atoms with Crippen molar-refractivity contribution in [3.05, 3.63) is 54.6 Å². The molecule has 0 aliphatic heterocycles. The summed E-state index contributed by atoms with van der Waals surface area (Å²) in [4.78, 5) is 2.19. The van der Waals surface area contributed by atoms with E-state index >= 15 is 0 Å². The van der Waals surface area contributed by atoms with Gasteiger partial charge in [0, 0.05) is 31.5 Å². The first-order valence-electron chi connectivity index (χ1n) is 7.73. The molecule has 2 N–H and O–H groups in total. The molecule has 0 unspecified atom stereocenters. The van der Waals surface area contributed by atoms with E-state index in [2.05, 4.69) is 34.7 Å². The zero-order chi connectivity index (χ0) is 16.5. The molecule has 0 bridgehead atoms. The molecule has 2 aromatic carbocycles. The van der Waals surface area contributed by atoms with E-state index in [0.717, 1.165) is 24.5 Å². The quantitative estimate of drug-likeness (QED) is 0.760. The molecule has 0 aromatic heterocycles. The minimum Gasteiger partial charge on any atom is -0.494 e. The van der Waals surface area contributed by atoms with Gasteiger partial charge in [-0.05, 0) is 55.5 Å². The Kier molecular flexibility index (Phi) is 6.69. The normalized spacial score (nSPS) is 10.0. The van der Waals surface area contributed by atoms with Crippen molar-refractivity contribution in [3.8, 4) is 5.75 Å². The van der Waals surface area contributed by atoms with Gasteiger partial charge in [0.15, 0.2) is 5.11 Å². The summed E-state index contributed by atoms with van der Waals surface area (Å²) in [6.07, 6.45) is 0. The molecule has 0 saturated carbocycles. The van der Waals surface area contributed by atoms with E-state index in [9.17, 15) is 0 Å². The fourth-order valence-corrected chi connectivity index (χ4v) is 2.35. The topological polar surface area (TPSA) is 36.5 Å². The highest BCUT2D eigenvalue weighted by molar-refractivity contribution is 7.80. The van der Waals surface area contributed by atoms with E-state index in [4.69, 9.17) is 17.0 Å². The molecule has 4 nitrogen and oxygen atoms in total. The Hall–Kier alpha value is -2.27. The smallest absolute Gasteiger partial charge is 0.170 e. The maximum Gasteiger partial charge on any atom is 0.170 e. The number of nitrogens with one attached hydrogen (secondary N) is 2. The van der Waals surface area contributed by atoms with Gasteiger partial charge in [-0.25, -0.2) is 0 Å². The zero-order valence-electron chi connectivity index (χ0n) is 13.6. The van der Waals surface area contributed by atoms with Crippen LogP contribution in [0, 0.1) is 0 Å². The van der Waals surface area contributed by atoms with Crippen LogP contribution in [0.3, 0.4) is 0 Å². The summed E-state index contributed by atoms with van der Waals surface area (Å²) in [5.74, 6) is 0.862. The number of anilines is 2. The molecule has 0 atom stereocenters. The molecule has 2 aromatic rings. The molecule has 0 aliphatic rings. The maximum atomic E-state index is 5.42. The predicted molar refractivity (Wildman–Crippen MR) is 102 cm³/mol. The second-order valence-corrected chi connectivity index (χ2v) is 5.50. The van der Waals surface area contributed by atoms with Crippen molar-refractivity contribution in [3.63, 3.8) is 0 Å². The third kappa shape index (κ3) is 5.79. The highest BCUT2D eigenvalue weighted by atomic mass is 32.1. The Morgan fingerprint density at radius 2 is 1.78 bits per heavy atom. The molecule has 5 heteroatoms. The zero-order valence-corrected chi connectivity index (χ0v) is 14.4. The summed E-state index contributed by atoms with van der Waals surface area (Å²) >= 11 is 5.32. The van der Waals surface area contributed by atoms with Crippen LogP contribution < -0.4 is 20.3 Å². The highest BCUT2D eigenvalue weighted by Crippen LogP contribution is 2.15. The summed E-state index contributed by atoms with van der Waals surface area (Å²) in [5.41, 5.74) is 2.14. The molecule has 122 valence electrons. The highest BCUT2D eigenvalue weighted by Gasteiger charge is 2.01. The second kappa shape index (κ2) is 9.00. The van der Waals surface area contributed by atoms with Crippen LogP contribution in [0.4, 0.5) is 11.4 Å². The third-order valence-corrected chi connectivity index (χ3v) is 3.60. The number of ether oxygens (including phenoxy) is 1. The van der Waals surface area contributed by atoms with Gasteiger partial charge >= 0.3 is 0 Å². The minimum atomic E-state index is 0.621. The largest absolute Gasteiger partial charge is 0.494 e. The lowest BCUT2D eigenvalue weighted by atomic mass is 10.3. The van der Waals surface area contributed by atoms with Crippen LogP contribution in [0.15, 0.2) is 54.6 Å². The second-order valence-electron chi connectivity index (χ2n) is 5.10. The Morgan fingerprint density at radius 1 is 1.09 bits per heavy atom. The molecule has 0 radical (unpaired) electrons. The average Bonchev–Trinajstić information content (AvgIpc) is 2.57. The third-order valence-electron chi connectivity index (χ3n) is 3.35. The molecular weight excluding hydrogens is 306 g/mol. The van der Waals surface area contributed by atoms with Crippen LogP contribution >= 0.6 is 12.2 Å². The van der Waals surface area contributed by atoms with E-state index in [1.54, 1.807) is 0 Å². The predicted octanol–water partition coefficient (Wildman–Crippen LogP) is 3.51. The lowest BCUT2D eigenvalue weighted by Gasteiger charge is -2.20. The van der Waals surface area contributed by atoms with Gasteiger partial charge in [0.25, 0.3) is 0 Å². The van der Waals surface area contributed by atoms with Crippen molar-refractivity contribution >= 4 is 28.7 Å². The standard InChI is InChI=1S/C18H23N3OS/c1-3-22-17-11-9-15(10-12-17)20-18(23)19-13-14-21(2)16-7-5-4-6-8-16/h4-12H,3,13-14H2,1-2H3,(H2,19,20,23). The summed E-state index contributed by atoms with van der Waals surface area (Å²) in [6, 6.07) is 18.0. The van der Waals surface area contributed by atoms with Gasteiger partial charge in [-0.3, -0.25) is 0 Å². The molecule has 0 spiro atoms. The van der Waals surface area contributed by atoms with E-state index in [1.165, 1.54) is 5.69 Å². The lowest BCUT2D eigenvalue weighted by molar-refractivity contribution is 0.340. The van der Waals surface area contributed by atoms with Gasteiger partial charge in [-0.1, -0.05) is 18.2 Å². The van der Waals surface area contributed by atoms with Crippen LogP contribution in [0.5, 0.6) is 5.75 Å². The summed E-state index contributed by atoms with van der Waals surface area (Å²) in [7, 11) is 2.07. The van der Waals surface area contributed by atoms with E-state index in [0.29, 0.717) is 11.7 Å². The monoisotopic (exact) mass is 329 g/mol. The number of likely N-dealkylation sites (N-methyl/N-ethyl adjacent to an activating group) is 1. The fourth-order valence-electron chi connectivity index (χ4n) is 2.13. The number of hydrogen-bond acceptors (Lipinski definition) is 3. The van der Waals surface area contributed by atoms with Crippen LogP contribution in [-0.2, 0) is 0 Å². The molecule has 23 heavy (non-hydrogen) atoms. The van der Waals surface area contributed by atoms with Crippen LogP contribution in [0.2, 0.25) is 0 Å². The van der Waals surface area contributed by atoms with Gasteiger partial charge in [0.2, 0.25) is 0 Å². The van der Waals surface area contributed by atoms with Crippen LogP contribution in [-0.4, -0.2) is 31.9 Å².